The van der Waals surface area contributed by atoms with E-state index in [2.05, 4.69) is 9.97 Å². The number of H-pyrrole nitrogens is 1. The number of ether oxygens (including phenoxy) is 2. The lowest BCUT2D eigenvalue weighted by Gasteiger charge is -2.09. The molecule has 1 aromatic carbocycles. The molecule has 0 unspecified atom stereocenters. The monoisotopic (exact) mass is 260 g/mol. The maximum atomic E-state index is 11.5. The molecule has 0 amide bonds. The second-order valence-corrected chi connectivity index (χ2v) is 4.40. The number of nitrogens with one attached hydrogen (secondary N) is 1. The van der Waals surface area contributed by atoms with Gasteiger partial charge in [-0.3, -0.25) is 4.79 Å². The van der Waals surface area contributed by atoms with Crippen molar-refractivity contribution >= 4 is 0 Å². The minimum Gasteiger partial charge on any atom is -0.497 e. The zero-order valence-electron chi connectivity index (χ0n) is 11.1. The highest BCUT2D eigenvalue weighted by molar-refractivity contribution is 5.35. The fourth-order valence-electron chi connectivity index (χ4n) is 1.56. The molecule has 1 N–H and O–H groups in total. The van der Waals surface area contributed by atoms with Crippen LogP contribution in [0.5, 0.6) is 17.4 Å². The number of aromatic nitrogens is 2. The minimum atomic E-state index is -0.225. The molecule has 0 atom stereocenters. The largest absolute Gasteiger partial charge is 0.497 e. The Kier molecular flexibility index (Phi) is 3.85. The van der Waals surface area contributed by atoms with Crippen LogP contribution in [0.2, 0.25) is 0 Å². The maximum Gasteiger partial charge on any atom is 0.254 e. The molecule has 0 fully saturated rings. The molecule has 0 aliphatic heterocycles. The van der Waals surface area contributed by atoms with Crippen LogP contribution in [0.1, 0.15) is 25.6 Å². The van der Waals surface area contributed by atoms with E-state index in [1.165, 1.54) is 6.07 Å². The third kappa shape index (κ3) is 3.34. The summed E-state index contributed by atoms with van der Waals surface area (Å²) in [7, 11) is 1.58. The summed E-state index contributed by atoms with van der Waals surface area (Å²) in [6.07, 6.45) is 0. The number of hydrogen-bond donors (Lipinski definition) is 1. The Labute approximate surface area is 111 Å². The zero-order valence-corrected chi connectivity index (χ0v) is 11.1. The van der Waals surface area contributed by atoms with Crippen molar-refractivity contribution in [2.45, 2.75) is 19.8 Å². The molecule has 0 bridgehead atoms. The Morgan fingerprint density at radius 1 is 1.21 bits per heavy atom. The van der Waals surface area contributed by atoms with Gasteiger partial charge in [0.05, 0.1) is 13.2 Å². The molecule has 5 heteroatoms. The van der Waals surface area contributed by atoms with Crippen LogP contribution in [0.25, 0.3) is 0 Å². The molecule has 19 heavy (non-hydrogen) atoms. The highest BCUT2D eigenvalue weighted by Gasteiger charge is 2.07. The summed E-state index contributed by atoms with van der Waals surface area (Å²) in [5.41, 5.74) is -0.225. The molecule has 2 aromatic rings. The van der Waals surface area contributed by atoms with Crippen LogP contribution in [0, 0.1) is 0 Å². The van der Waals surface area contributed by atoms with E-state index in [9.17, 15) is 4.79 Å². The maximum absolute atomic E-state index is 11.5. The van der Waals surface area contributed by atoms with Crippen molar-refractivity contribution < 1.29 is 9.47 Å². The van der Waals surface area contributed by atoms with Crippen LogP contribution in [0.4, 0.5) is 0 Å². The first-order chi connectivity index (χ1) is 9.08. The number of hydrogen-bond acceptors (Lipinski definition) is 4. The summed E-state index contributed by atoms with van der Waals surface area (Å²) in [5.74, 6) is 2.27. The van der Waals surface area contributed by atoms with E-state index < -0.39 is 0 Å². The lowest BCUT2D eigenvalue weighted by Crippen LogP contribution is -2.11. The lowest BCUT2D eigenvalue weighted by atomic mass is 10.2. The number of nitrogens with zero attached hydrogens (tertiary/aromatic N) is 1. The van der Waals surface area contributed by atoms with Crippen LogP contribution < -0.4 is 15.0 Å². The van der Waals surface area contributed by atoms with Crippen molar-refractivity contribution in [2.75, 3.05) is 7.11 Å². The van der Waals surface area contributed by atoms with Crippen molar-refractivity contribution in [3.63, 3.8) is 0 Å². The van der Waals surface area contributed by atoms with Gasteiger partial charge in [-0.2, -0.15) is 4.98 Å². The first kappa shape index (κ1) is 13.1. The van der Waals surface area contributed by atoms with Crippen LogP contribution in [-0.4, -0.2) is 17.1 Å². The van der Waals surface area contributed by atoms with E-state index in [-0.39, 0.29) is 17.4 Å². The second-order valence-electron chi connectivity index (χ2n) is 4.40. The molecular formula is C14H16N2O3. The number of benzene rings is 1. The molecule has 1 heterocycles. The van der Waals surface area contributed by atoms with Gasteiger partial charge >= 0.3 is 0 Å². The van der Waals surface area contributed by atoms with Gasteiger partial charge < -0.3 is 14.5 Å². The quantitative estimate of drug-likeness (QED) is 0.918. The van der Waals surface area contributed by atoms with Crippen LogP contribution in [0.15, 0.2) is 35.1 Å². The number of methoxy groups -OCH3 is 1. The summed E-state index contributed by atoms with van der Waals surface area (Å²) in [6, 6.07) is 8.46. The minimum absolute atomic E-state index is 0.126. The summed E-state index contributed by atoms with van der Waals surface area (Å²) >= 11 is 0. The van der Waals surface area contributed by atoms with Crippen molar-refractivity contribution in [3.05, 3.63) is 46.5 Å². The molecule has 0 aliphatic carbocycles. The third-order valence-electron chi connectivity index (χ3n) is 2.55. The topological polar surface area (TPSA) is 64.2 Å². The van der Waals surface area contributed by atoms with E-state index in [4.69, 9.17) is 9.47 Å². The Hall–Kier alpha value is -2.30. The fraction of sp³-hybridized carbons (Fsp3) is 0.286. The van der Waals surface area contributed by atoms with Crippen molar-refractivity contribution in [1.82, 2.24) is 9.97 Å². The second kappa shape index (κ2) is 5.56. The Morgan fingerprint density at radius 3 is 2.63 bits per heavy atom. The predicted octanol–water partition coefficient (Wildman–Crippen LogP) is 2.69. The van der Waals surface area contributed by atoms with Crippen LogP contribution in [0.3, 0.4) is 0 Å². The van der Waals surface area contributed by atoms with E-state index in [0.29, 0.717) is 17.3 Å². The van der Waals surface area contributed by atoms with E-state index in [1.54, 1.807) is 19.2 Å². The first-order valence-electron chi connectivity index (χ1n) is 6.01. The van der Waals surface area contributed by atoms with Gasteiger partial charge in [0.1, 0.15) is 17.3 Å². The molecule has 0 saturated heterocycles. The normalized spacial score (nSPS) is 10.5. The summed E-state index contributed by atoms with van der Waals surface area (Å²) in [6.45, 7) is 3.90. The van der Waals surface area contributed by atoms with Crippen LogP contribution >= 0.6 is 0 Å². The molecular weight excluding hydrogens is 244 g/mol. The van der Waals surface area contributed by atoms with Crippen molar-refractivity contribution in [2.24, 2.45) is 0 Å². The van der Waals surface area contributed by atoms with Gasteiger partial charge in [0.15, 0.2) is 0 Å². The Morgan fingerprint density at radius 2 is 1.95 bits per heavy atom. The van der Waals surface area contributed by atoms with Gasteiger partial charge in [-0.1, -0.05) is 19.9 Å². The Bertz CT molecular complexity index is 620. The summed E-state index contributed by atoms with van der Waals surface area (Å²) in [4.78, 5) is 18.5. The van der Waals surface area contributed by atoms with E-state index >= 15 is 0 Å². The first-order valence-corrected chi connectivity index (χ1v) is 6.01. The number of aromatic amines is 1. The molecule has 0 aliphatic rings. The summed E-state index contributed by atoms with van der Waals surface area (Å²) in [5, 5.41) is 0. The molecule has 0 saturated carbocycles. The van der Waals surface area contributed by atoms with E-state index in [0.717, 1.165) is 0 Å². The zero-order chi connectivity index (χ0) is 13.8. The molecule has 1 aromatic heterocycles. The predicted molar refractivity (Wildman–Crippen MR) is 72.0 cm³/mol. The molecule has 2 rings (SSSR count). The highest BCUT2D eigenvalue weighted by Crippen LogP contribution is 2.23. The SMILES string of the molecule is COc1cccc(Oc2cc(=O)[nH]c(C(C)C)n2)c1. The highest BCUT2D eigenvalue weighted by atomic mass is 16.5. The molecule has 100 valence electrons. The van der Waals surface area contributed by atoms with Crippen molar-refractivity contribution in [3.8, 4) is 17.4 Å². The van der Waals surface area contributed by atoms with Gasteiger partial charge in [-0.15, -0.1) is 0 Å². The van der Waals surface area contributed by atoms with Gasteiger partial charge in [0.2, 0.25) is 5.88 Å². The van der Waals surface area contributed by atoms with Gasteiger partial charge in [-0.05, 0) is 12.1 Å². The molecule has 5 nitrogen and oxygen atoms in total. The Balaban J connectivity index is 2.29. The smallest absolute Gasteiger partial charge is 0.254 e. The fourth-order valence-corrected chi connectivity index (χ4v) is 1.56. The average Bonchev–Trinajstić information content (AvgIpc) is 2.38. The van der Waals surface area contributed by atoms with Gasteiger partial charge in [-0.25, -0.2) is 0 Å². The van der Waals surface area contributed by atoms with E-state index in [1.807, 2.05) is 26.0 Å². The summed E-state index contributed by atoms with van der Waals surface area (Å²) < 4.78 is 10.7. The van der Waals surface area contributed by atoms with Gasteiger partial charge in [0, 0.05) is 12.0 Å². The lowest BCUT2D eigenvalue weighted by molar-refractivity contribution is 0.406. The average molecular weight is 260 g/mol. The van der Waals surface area contributed by atoms with Gasteiger partial charge in [0.25, 0.3) is 5.56 Å². The standard InChI is InChI=1S/C14H16N2O3/c1-9(2)14-15-12(17)8-13(16-14)19-11-6-4-5-10(7-11)18-3/h4-9H,1-3H3,(H,15,16,17). The van der Waals surface area contributed by atoms with Crippen LogP contribution in [-0.2, 0) is 0 Å². The number of rotatable bonds is 4. The van der Waals surface area contributed by atoms with Crippen molar-refractivity contribution in [1.29, 1.82) is 0 Å². The molecule has 0 radical (unpaired) electrons. The molecule has 0 spiro atoms. The third-order valence-corrected chi connectivity index (χ3v) is 2.55.